The highest BCUT2D eigenvalue weighted by Gasteiger charge is 2.21. The molecule has 1 unspecified atom stereocenters. The van der Waals surface area contributed by atoms with Crippen LogP contribution in [0.3, 0.4) is 0 Å². The molecule has 0 amide bonds. The van der Waals surface area contributed by atoms with E-state index in [1.807, 2.05) is 0 Å². The Morgan fingerprint density at radius 2 is 1.85 bits per heavy atom. The van der Waals surface area contributed by atoms with E-state index in [1.165, 1.54) is 26.4 Å². The first-order valence-electron chi connectivity index (χ1n) is 5.98. The summed E-state index contributed by atoms with van der Waals surface area (Å²) in [6.45, 7) is 2.04. The summed E-state index contributed by atoms with van der Waals surface area (Å²) in [5.74, 6) is 0.663. The number of ether oxygens (including phenoxy) is 2. The lowest BCUT2D eigenvalue weighted by atomic mass is 10.3. The van der Waals surface area contributed by atoms with Crippen LogP contribution in [0.15, 0.2) is 17.0 Å². The first-order valence-corrected chi connectivity index (χ1v) is 7.84. The van der Waals surface area contributed by atoms with Crippen molar-refractivity contribution in [3.63, 3.8) is 0 Å². The van der Waals surface area contributed by atoms with Gasteiger partial charge >= 0.3 is 0 Å². The molecular formula is C12H19ClN2O4S. The summed E-state index contributed by atoms with van der Waals surface area (Å²) < 4.78 is 36.9. The number of benzene rings is 1. The lowest BCUT2D eigenvalue weighted by molar-refractivity contribution is 0.354. The first-order chi connectivity index (χ1) is 9.31. The van der Waals surface area contributed by atoms with E-state index in [4.69, 9.17) is 26.8 Å². The van der Waals surface area contributed by atoms with Gasteiger partial charge in [-0.1, -0.05) is 11.6 Å². The molecule has 0 aliphatic rings. The first kappa shape index (κ1) is 17.0. The molecule has 0 fully saturated rings. The Balaban J connectivity index is 3.05. The molecule has 0 heterocycles. The Morgan fingerprint density at radius 3 is 2.35 bits per heavy atom. The van der Waals surface area contributed by atoms with E-state index >= 15 is 0 Å². The SMILES string of the molecule is COc1cc(Cl)c(S(=O)(=O)NCCC(C)N)cc1OC. The second-order valence-electron chi connectivity index (χ2n) is 4.30. The van der Waals surface area contributed by atoms with Crippen molar-refractivity contribution in [2.24, 2.45) is 5.73 Å². The molecule has 0 saturated carbocycles. The summed E-state index contributed by atoms with van der Waals surface area (Å²) in [7, 11) is -0.847. The molecule has 1 aromatic rings. The summed E-state index contributed by atoms with van der Waals surface area (Å²) >= 11 is 5.98. The Kier molecular flexibility index (Phi) is 6.07. The van der Waals surface area contributed by atoms with Crippen LogP contribution in [-0.4, -0.2) is 35.2 Å². The monoisotopic (exact) mass is 322 g/mol. The molecule has 6 nitrogen and oxygen atoms in total. The average Bonchev–Trinajstić information content (AvgIpc) is 2.37. The lowest BCUT2D eigenvalue weighted by Gasteiger charge is -2.13. The molecule has 0 aliphatic heterocycles. The maximum Gasteiger partial charge on any atom is 0.242 e. The fourth-order valence-corrected chi connectivity index (χ4v) is 3.12. The highest BCUT2D eigenvalue weighted by atomic mass is 35.5. The summed E-state index contributed by atoms with van der Waals surface area (Å²) in [5.41, 5.74) is 5.58. The fourth-order valence-electron chi connectivity index (χ4n) is 1.54. The standard InChI is InChI=1S/C12H19ClN2O4S/c1-8(14)4-5-15-20(16,17)12-7-11(19-3)10(18-2)6-9(12)13/h6-8,15H,4-5,14H2,1-3H3. The van der Waals surface area contributed by atoms with Crippen molar-refractivity contribution in [3.8, 4) is 11.5 Å². The van der Waals surface area contributed by atoms with Crippen molar-refractivity contribution in [1.82, 2.24) is 4.72 Å². The smallest absolute Gasteiger partial charge is 0.242 e. The van der Waals surface area contributed by atoms with Crippen LogP contribution in [0.1, 0.15) is 13.3 Å². The van der Waals surface area contributed by atoms with Crippen molar-refractivity contribution in [2.45, 2.75) is 24.3 Å². The second kappa shape index (κ2) is 7.12. The minimum absolute atomic E-state index is 0.0542. The van der Waals surface area contributed by atoms with Crippen LogP contribution < -0.4 is 19.9 Å². The number of methoxy groups -OCH3 is 2. The van der Waals surface area contributed by atoms with Gasteiger partial charge in [0.1, 0.15) is 4.90 Å². The molecule has 0 radical (unpaired) electrons. The van der Waals surface area contributed by atoms with Gasteiger partial charge in [0.2, 0.25) is 10.0 Å². The number of halogens is 1. The van der Waals surface area contributed by atoms with Crippen LogP contribution in [0, 0.1) is 0 Å². The zero-order chi connectivity index (χ0) is 15.3. The molecule has 3 N–H and O–H groups in total. The largest absolute Gasteiger partial charge is 0.493 e. The van der Waals surface area contributed by atoms with Gasteiger partial charge in [0.25, 0.3) is 0 Å². The van der Waals surface area contributed by atoms with Crippen LogP contribution in [0.2, 0.25) is 5.02 Å². The van der Waals surface area contributed by atoms with Crippen molar-refractivity contribution in [2.75, 3.05) is 20.8 Å². The van der Waals surface area contributed by atoms with Crippen LogP contribution >= 0.6 is 11.6 Å². The molecule has 1 atom stereocenters. The van der Waals surface area contributed by atoms with Gasteiger partial charge in [0, 0.05) is 24.7 Å². The molecule has 0 saturated heterocycles. The molecule has 1 aromatic carbocycles. The lowest BCUT2D eigenvalue weighted by Crippen LogP contribution is -2.29. The minimum atomic E-state index is -3.72. The van der Waals surface area contributed by atoms with Crippen molar-refractivity contribution in [1.29, 1.82) is 0 Å². The predicted octanol–water partition coefficient (Wildman–Crippen LogP) is 1.37. The predicted molar refractivity (Wildman–Crippen MR) is 78.0 cm³/mol. The van der Waals surface area contributed by atoms with Crippen LogP contribution in [0.5, 0.6) is 11.5 Å². The van der Waals surface area contributed by atoms with Gasteiger partial charge in [-0.15, -0.1) is 0 Å². The van der Waals surface area contributed by atoms with Crippen molar-refractivity contribution in [3.05, 3.63) is 17.2 Å². The number of rotatable bonds is 7. The van der Waals surface area contributed by atoms with Gasteiger partial charge in [-0.25, -0.2) is 13.1 Å². The van der Waals surface area contributed by atoms with E-state index in [1.54, 1.807) is 6.92 Å². The fraction of sp³-hybridized carbons (Fsp3) is 0.500. The number of nitrogens with two attached hydrogens (primary N) is 1. The molecular weight excluding hydrogens is 304 g/mol. The van der Waals surface area contributed by atoms with E-state index < -0.39 is 10.0 Å². The molecule has 1 rings (SSSR count). The molecule has 0 aromatic heterocycles. The van der Waals surface area contributed by atoms with Crippen molar-refractivity contribution >= 4 is 21.6 Å². The van der Waals surface area contributed by atoms with Crippen LogP contribution in [0.25, 0.3) is 0 Å². The average molecular weight is 323 g/mol. The van der Waals surface area contributed by atoms with E-state index in [-0.39, 0.29) is 22.5 Å². The summed E-state index contributed by atoms with van der Waals surface area (Å²) in [4.78, 5) is -0.0542. The number of hydrogen-bond acceptors (Lipinski definition) is 5. The highest BCUT2D eigenvalue weighted by molar-refractivity contribution is 7.89. The normalized spacial score (nSPS) is 13.1. The zero-order valence-electron chi connectivity index (χ0n) is 11.6. The highest BCUT2D eigenvalue weighted by Crippen LogP contribution is 2.35. The maximum atomic E-state index is 12.2. The van der Waals surface area contributed by atoms with Crippen LogP contribution in [0.4, 0.5) is 0 Å². The number of hydrogen-bond donors (Lipinski definition) is 2. The summed E-state index contributed by atoms with van der Waals surface area (Å²) in [5, 5.41) is 0.0657. The number of nitrogens with one attached hydrogen (secondary N) is 1. The van der Waals surface area contributed by atoms with Gasteiger partial charge in [-0.2, -0.15) is 0 Å². The Bertz CT molecular complexity index is 561. The Hall–Kier alpha value is -1.02. The summed E-state index contributed by atoms with van der Waals surface area (Å²) in [6.07, 6.45) is 0.532. The van der Waals surface area contributed by atoms with Gasteiger partial charge < -0.3 is 15.2 Å². The molecule has 20 heavy (non-hydrogen) atoms. The topological polar surface area (TPSA) is 90.7 Å². The molecule has 0 aliphatic carbocycles. The molecule has 114 valence electrons. The Morgan fingerprint density at radius 1 is 1.30 bits per heavy atom. The zero-order valence-corrected chi connectivity index (χ0v) is 13.2. The third-order valence-electron chi connectivity index (χ3n) is 2.62. The quantitative estimate of drug-likeness (QED) is 0.791. The van der Waals surface area contributed by atoms with Gasteiger partial charge in [-0.05, 0) is 13.3 Å². The third-order valence-corrected chi connectivity index (χ3v) is 4.55. The third kappa shape index (κ3) is 4.24. The second-order valence-corrected chi connectivity index (χ2v) is 6.44. The summed E-state index contributed by atoms with van der Waals surface area (Å²) in [6, 6.07) is 2.65. The van der Waals surface area contributed by atoms with E-state index in [0.29, 0.717) is 17.9 Å². The molecule has 8 heteroatoms. The van der Waals surface area contributed by atoms with Gasteiger partial charge in [0.05, 0.1) is 19.2 Å². The number of sulfonamides is 1. The Labute approximate surface area is 124 Å². The van der Waals surface area contributed by atoms with Gasteiger partial charge in [-0.3, -0.25) is 0 Å². The molecule has 0 bridgehead atoms. The maximum absolute atomic E-state index is 12.2. The van der Waals surface area contributed by atoms with E-state index in [0.717, 1.165) is 0 Å². The van der Waals surface area contributed by atoms with Gasteiger partial charge in [0.15, 0.2) is 11.5 Å². The van der Waals surface area contributed by atoms with Crippen LogP contribution in [-0.2, 0) is 10.0 Å². The van der Waals surface area contributed by atoms with E-state index in [2.05, 4.69) is 4.72 Å². The minimum Gasteiger partial charge on any atom is -0.493 e. The molecule has 0 spiro atoms. The van der Waals surface area contributed by atoms with Crippen molar-refractivity contribution < 1.29 is 17.9 Å². The van der Waals surface area contributed by atoms with E-state index in [9.17, 15) is 8.42 Å².